The van der Waals surface area contributed by atoms with Crippen LogP contribution in [0, 0.1) is 5.82 Å². The zero-order valence-corrected chi connectivity index (χ0v) is 14.8. The lowest BCUT2D eigenvalue weighted by Gasteiger charge is -2.37. The third-order valence-electron chi connectivity index (χ3n) is 4.91. The highest BCUT2D eigenvalue weighted by Crippen LogP contribution is 2.27. The van der Waals surface area contributed by atoms with Crippen LogP contribution in [0.2, 0.25) is 0 Å². The van der Waals surface area contributed by atoms with E-state index in [1.807, 2.05) is 12.1 Å². The summed E-state index contributed by atoms with van der Waals surface area (Å²) in [7, 11) is 1.80. The number of benzene rings is 1. The molecule has 2 aromatic rings. The van der Waals surface area contributed by atoms with Crippen molar-refractivity contribution in [2.75, 3.05) is 13.1 Å². The molecule has 1 atom stereocenters. The molecule has 0 saturated carbocycles. The number of nitrogens with one attached hydrogen (secondary N) is 1. The topological polar surface area (TPSA) is 50.2 Å². The number of halogens is 1. The van der Waals surface area contributed by atoms with Gasteiger partial charge >= 0.3 is 0 Å². The van der Waals surface area contributed by atoms with Crippen LogP contribution >= 0.6 is 0 Å². The Morgan fingerprint density at radius 2 is 2.00 bits per heavy atom. The molecule has 134 valence electrons. The maximum Gasteiger partial charge on any atom is 0.254 e. The van der Waals surface area contributed by atoms with Gasteiger partial charge in [0.15, 0.2) is 0 Å². The lowest BCUT2D eigenvalue weighted by atomic mass is 9.97. The predicted molar refractivity (Wildman–Crippen MR) is 94.7 cm³/mol. The number of carbonyl (C=O) groups excluding carboxylic acids is 1. The zero-order valence-electron chi connectivity index (χ0n) is 14.8. The fourth-order valence-electron chi connectivity index (χ4n) is 3.55. The maximum absolute atomic E-state index is 13.2. The van der Waals surface area contributed by atoms with Crippen LogP contribution in [0.3, 0.4) is 0 Å². The van der Waals surface area contributed by atoms with Gasteiger partial charge in [0, 0.05) is 38.4 Å². The lowest BCUT2D eigenvalue weighted by molar-refractivity contribution is 0.0888. The van der Waals surface area contributed by atoms with Crippen molar-refractivity contribution in [2.24, 2.45) is 7.05 Å². The molecule has 1 aliphatic rings. The Balaban J connectivity index is 1.55. The fraction of sp³-hybridized carbons (Fsp3) is 0.474. The second kappa shape index (κ2) is 7.78. The van der Waals surface area contributed by atoms with Gasteiger partial charge in [0.1, 0.15) is 5.82 Å². The molecule has 1 aromatic heterocycles. The molecule has 0 radical (unpaired) electrons. The van der Waals surface area contributed by atoms with E-state index in [9.17, 15) is 9.18 Å². The Bertz CT molecular complexity index is 704. The van der Waals surface area contributed by atoms with Gasteiger partial charge in [-0.15, -0.1) is 0 Å². The van der Waals surface area contributed by atoms with Gasteiger partial charge in [-0.25, -0.2) is 4.39 Å². The smallest absolute Gasteiger partial charge is 0.254 e. The highest BCUT2D eigenvalue weighted by atomic mass is 19.1. The first-order chi connectivity index (χ1) is 12.1. The van der Waals surface area contributed by atoms with Crippen LogP contribution in [-0.2, 0) is 7.05 Å². The largest absolute Gasteiger partial charge is 0.349 e. The minimum Gasteiger partial charge on any atom is -0.349 e. The third kappa shape index (κ3) is 4.25. The van der Waals surface area contributed by atoms with Gasteiger partial charge < -0.3 is 5.32 Å². The van der Waals surface area contributed by atoms with E-state index in [0.717, 1.165) is 37.9 Å². The van der Waals surface area contributed by atoms with E-state index in [1.54, 1.807) is 24.1 Å². The fourth-order valence-corrected chi connectivity index (χ4v) is 3.55. The number of piperidine rings is 1. The Kier molecular flexibility index (Phi) is 5.48. The van der Waals surface area contributed by atoms with E-state index < -0.39 is 0 Å². The van der Waals surface area contributed by atoms with Crippen molar-refractivity contribution in [3.05, 3.63) is 53.6 Å². The van der Waals surface area contributed by atoms with E-state index in [4.69, 9.17) is 0 Å². The van der Waals surface area contributed by atoms with Crippen molar-refractivity contribution in [3.63, 3.8) is 0 Å². The van der Waals surface area contributed by atoms with Gasteiger partial charge in [-0.05, 0) is 37.0 Å². The summed E-state index contributed by atoms with van der Waals surface area (Å²) in [6.45, 7) is 4.01. The molecule has 1 aliphatic heterocycles. The SMILES string of the molecule is CC[C@H](c1ccc(F)cc1)N1CCC(NC(=O)c2cnn(C)c2)CC1. The normalized spacial score (nSPS) is 17.4. The van der Waals surface area contributed by atoms with E-state index in [-0.39, 0.29) is 17.8 Å². The van der Waals surface area contributed by atoms with Gasteiger partial charge in [0.2, 0.25) is 0 Å². The minimum absolute atomic E-state index is 0.0582. The first kappa shape index (κ1) is 17.6. The summed E-state index contributed by atoms with van der Waals surface area (Å²) < 4.78 is 14.8. The summed E-state index contributed by atoms with van der Waals surface area (Å²) in [5.74, 6) is -0.257. The standard InChI is InChI=1S/C19H25FN4O/c1-3-18(14-4-6-16(20)7-5-14)24-10-8-17(9-11-24)22-19(25)15-12-21-23(2)13-15/h4-7,12-13,17-18H,3,8-11H2,1-2H3,(H,22,25)/t18-/m1/s1. The van der Waals surface area contributed by atoms with E-state index in [0.29, 0.717) is 11.6 Å². The van der Waals surface area contributed by atoms with Gasteiger partial charge in [-0.1, -0.05) is 19.1 Å². The Morgan fingerprint density at radius 3 is 2.56 bits per heavy atom. The monoisotopic (exact) mass is 344 g/mol. The van der Waals surface area contributed by atoms with Crippen LogP contribution in [0.4, 0.5) is 4.39 Å². The molecule has 0 spiro atoms. The molecule has 5 nitrogen and oxygen atoms in total. The summed E-state index contributed by atoms with van der Waals surface area (Å²) >= 11 is 0. The Hall–Kier alpha value is -2.21. The maximum atomic E-state index is 13.2. The molecule has 2 heterocycles. The molecule has 1 N–H and O–H groups in total. The Morgan fingerprint density at radius 1 is 1.32 bits per heavy atom. The molecule has 1 aromatic carbocycles. The summed E-state index contributed by atoms with van der Waals surface area (Å²) in [5, 5.41) is 7.14. The molecular formula is C19H25FN4O. The number of nitrogens with zero attached hydrogens (tertiary/aromatic N) is 3. The van der Waals surface area contributed by atoms with E-state index in [2.05, 4.69) is 22.2 Å². The lowest BCUT2D eigenvalue weighted by Crippen LogP contribution is -2.45. The second-order valence-electron chi connectivity index (χ2n) is 6.66. The first-order valence-corrected chi connectivity index (χ1v) is 8.86. The van der Waals surface area contributed by atoms with Gasteiger partial charge in [-0.2, -0.15) is 5.10 Å². The van der Waals surface area contributed by atoms with Crippen LogP contribution < -0.4 is 5.32 Å². The highest BCUT2D eigenvalue weighted by Gasteiger charge is 2.26. The van der Waals surface area contributed by atoms with Gasteiger partial charge in [0.25, 0.3) is 5.91 Å². The molecule has 3 rings (SSSR count). The van der Waals surface area contributed by atoms with Crippen molar-refractivity contribution in [2.45, 2.75) is 38.3 Å². The summed E-state index contributed by atoms with van der Waals surface area (Å²) in [6.07, 6.45) is 6.14. The van der Waals surface area contributed by atoms with E-state index in [1.165, 1.54) is 12.1 Å². The molecule has 1 amide bonds. The Labute approximate surface area is 147 Å². The molecule has 0 bridgehead atoms. The molecule has 0 aliphatic carbocycles. The molecule has 1 fully saturated rings. The van der Waals surface area contributed by atoms with Crippen molar-refractivity contribution in [3.8, 4) is 0 Å². The van der Waals surface area contributed by atoms with Crippen LogP contribution in [-0.4, -0.2) is 39.7 Å². The van der Waals surface area contributed by atoms with Crippen LogP contribution in [0.25, 0.3) is 0 Å². The zero-order chi connectivity index (χ0) is 17.8. The van der Waals surface area contributed by atoms with Crippen LogP contribution in [0.1, 0.15) is 48.1 Å². The number of hydrogen-bond donors (Lipinski definition) is 1. The van der Waals surface area contributed by atoms with Gasteiger partial charge in [-0.3, -0.25) is 14.4 Å². The summed E-state index contributed by atoms with van der Waals surface area (Å²) in [5.41, 5.74) is 1.75. The summed E-state index contributed by atoms with van der Waals surface area (Å²) in [4.78, 5) is 14.7. The minimum atomic E-state index is -0.199. The number of carbonyl (C=O) groups is 1. The third-order valence-corrected chi connectivity index (χ3v) is 4.91. The average molecular weight is 344 g/mol. The van der Waals surface area contributed by atoms with Crippen molar-refractivity contribution < 1.29 is 9.18 Å². The number of aryl methyl sites for hydroxylation is 1. The van der Waals surface area contributed by atoms with Crippen LogP contribution in [0.15, 0.2) is 36.7 Å². The van der Waals surface area contributed by atoms with Crippen molar-refractivity contribution >= 4 is 5.91 Å². The number of amides is 1. The summed E-state index contributed by atoms with van der Waals surface area (Å²) in [6, 6.07) is 7.29. The number of likely N-dealkylation sites (tertiary alicyclic amines) is 1. The molecular weight excluding hydrogens is 319 g/mol. The second-order valence-corrected chi connectivity index (χ2v) is 6.66. The first-order valence-electron chi connectivity index (χ1n) is 8.86. The number of aromatic nitrogens is 2. The molecule has 1 saturated heterocycles. The van der Waals surface area contributed by atoms with Crippen molar-refractivity contribution in [1.29, 1.82) is 0 Å². The number of rotatable bonds is 5. The van der Waals surface area contributed by atoms with Crippen molar-refractivity contribution in [1.82, 2.24) is 20.0 Å². The number of hydrogen-bond acceptors (Lipinski definition) is 3. The van der Waals surface area contributed by atoms with Crippen LogP contribution in [0.5, 0.6) is 0 Å². The molecule has 0 unspecified atom stereocenters. The van der Waals surface area contributed by atoms with Gasteiger partial charge in [0.05, 0.1) is 11.8 Å². The molecule has 25 heavy (non-hydrogen) atoms. The quantitative estimate of drug-likeness (QED) is 0.907. The van der Waals surface area contributed by atoms with E-state index >= 15 is 0 Å². The average Bonchev–Trinajstić information content (AvgIpc) is 3.05. The molecule has 6 heteroatoms. The highest BCUT2D eigenvalue weighted by molar-refractivity contribution is 5.93. The predicted octanol–water partition coefficient (Wildman–Crippen LogP) is 2.90.